The lowest BCUT2D eigenvalue weighted by Gasteiger charge is -2.32. The fourth-order valence-corrected chi connectivity index (χ4v) is 6.12. The van der Waals surface area contributed by atoms with Crippen molar-refractivity contribution in [2.75, 3.05) is 23.7 Å². The molecular weight excluding hydrogens is 630 g/mol. The molecule has 3 rings (SSSR count). The molecule has 0 saturated carbocycles. The topological polar surface area (TPSA) is 96.0 Å². The number of anilines is 1. The molecular formula is C33H42BrN3O5S. The Labute approximate surface area is 264 Å². The molecule has 10 heteroatoms. The third-order valence-electron chi connectivity index (χ3n) is 7.10. The molecule has 0 aliphatic heterocycles. The van der Waals surface area contributed by atoms with Gasteiger partial charge in [0.05, 0.1) is 18.6 Å². The minimum absolute atomic E-state index is 0.0500. The quantitative estimate of drug-likeness (QED) is 0.203. The summed E-state index contributed by atoms with van der Waals surface area (Å²) in [6, 6.07) is 23.4. The molecule has 0 heterocycles. The summed E-state index contributed by atoms with van der Waals surface area (Å²) in [5.41, 5.74) is 2.32. The van der Waals surface area contributed by atoms with Gasteiger partial charge in [0.2, 0.25) is 21.8 Å². The first kappa shape index (κ1) is 34.1. The van der Waals surface area contributed by atoms with Crippen LogP contribution in [0.3, 0.4) is 0 Å². The highest BCUT2D eigenvalue weighted by Gasteiger charge is 2.31. The van der Waals surface area contributed by atoms with Gasteiger partial charge in [0, 0.05) is 36.4 Å². The zero-order valence-corrected chi connectivity index (χ0v) is 27.7. The van der Waals surface area contributed by atoms with Crippen LogP contribution in [0.4, 0.5) is 5.69 Å². The van der Waals surface area contributed by atoms with E-state index >= 15 is 0 Å². The highest BCUT2D eigenvalue weighted by molar-refractivity contribution is 9.10. The Kier molecular flexibility index (Phi) is 13.1. The molecule has 0 fully saturated rings. The predicted octanol–water partition coefficient (Wildman–Crippen LogP) is 5.95. The van der Waals surface area contributed by atoms with Gasteiger partial charge in [0.1, 0.15) is 11.8 Å². The Morgan fingerprint density at radius 1 is 0.953 bits per heavy atom. The Hall–Kier alpha value is -3.37. The molecule has 8 nitrogen and oxygen atoms in total. The van der Waals surface area contributed by atoms with Crippen molar-refractivity contribution in [3.05, 3.63) is 94.5 Å². The second kappa shape index (κ2) is 16.5. The van der Waals surface area contributed by atoms with E-state index in [9.17, 15) is 18.0 Å². The van der Waals surface area contributed by atoms with Gasteiger partial charge in [-0.2, -0.15) is 0 Å². The number of rotatable bonds is 16. The van der Waals surface area contributed by atoms with Gasteiger partial charge < -0.3 is 15.0 Å². The summed E-state index contributed by atoms with van der Waals surface area (Å²) in [7, 11) is -3.60. The molecule has 43 heavy (non-hydrogen) atoms. The third kappa shape index (κ3) is 10.7. The summed E-state index contributed by atoms with van der Waals surface area (Å²) < 4.78 is 33.1. The first-order valence-electron chi connectivity index (χ1n) is 14.6. The molecule has 232 valence electrons. The number of sulfonamides is 1. The molecule has 0 aliphatic carbocycles. The average molecular weight is 673 g/mol. The number of halogens is 1. The lowest BCUT2D eigenvalue weighted by atomic mass is 10.0. The molecule has 0 bridgehead atoms. The van der Waals surface area contributed by atoms with Gasteiger partial charge in [0.15, 0.2) is 0 Å². The van der Waals surface area contributed by atoms with E-state index in [4.69, 9.17) is 4.74 Å². The molecule has 0 aromatic heterocycles. The van der Waals surface area contributed by atoms with Crippen molar-refractivity contribution in [3.8, 4) is 5.75 Å². The number of carbonyl (C=O) groups is 2. The van der Waals surface area contributed by atoms with Crippen LogP contribution in [0.5, 0.6) is 5.75 Å². The molecule has 1 N–H and O–H groups in total. The summed E-state index contributed by atoms with van der Waals surface area (Å²) in [5, 5.41) is 3.07. The van der Waals surface area contributed by atoms with Gasteiger partial charge in [-0.15, -0.1) is 0 Å². The maximum atomic E-state index is 14.0. The normalized spacial score (nSPS) is 12.7. The molecule has 3 aromatic rings. The second-order valence-corrected chi connectivity index (χ2v) is 13.4. The van der Waals surface area contributed by atoms with Gasteiger partial charge in [-0.3, -0.25) is 13.9 Å². The molecule has 2 amide bonds. The number of nitrogens with one attached hydrogen (secondary N) is 1. The molecule has 3 aromatic carbocycles. The monoisotopic (exact) mass is 671 g/mol. The third-order valence-corrected chi connectivity index (χ3v) is 8.79. The van der Waals surface area contributed by atoms with Crippen molar-refractivity contribution in [1.29, 1.82) is 0 Å². The minimum atomic E-state index is -3.60. The first-order chi connectivity index (χ1) is 20.5. The second-order valence-electron chi connectivity index (χ2n) is 10.5. The van der Waals surface area contributed by atoms with Crippen molar-refractivity contribution >= 4 is 43.5 Å². The van der Waals surface area contributed by atoms with E-state index in [0.717, 1.165) is 28.3 Å². The van der Waals surface area contributed by atoms with E-state index in [-0.39, 0.29) is 43.8 Å². The van der Waals surface area contributed by atoms with Gasteiger partial charge >= 0.3 is 0 Å². The van der Waals surface area contributed by atoms with Crippen LogP contribution in [0.25, 0.3) is 0 Å². The van der Waals surface area contributed by atoms with E-state index in [1.54, 1.807) is 29.2 Å². The average Bonchev–Trinajstić information content (AvgIpc) is 2.97. The van der Waals surface area contributed by atoms with Crippen LogP contribution < -0.4 is 14.4 Å². The first-order valence-corrected chi connectivity index (χ1v) is 17.2. The fourth-order valence-electron chi connectivity index (χ4n) is 4.71. The van der Waals surface area contributed by atoms with Crippen LogP contribution in [0.2, 0.25) is 0 Å². The molecule has 0 spiro atoms. The Balaban J connectivity index is 1.87. The van der Waals surface area contributed by atoms with E-state index in [1.807, 2.05) is 75.4 Å². The summed E-state index contributed by atoms with van der Waals surface area (Å²) in [5.74, 6) is 0.215. The highest BCUT2D eigenvalue weighted by Crippen LogP contribution is 2.23. The van der Waals surface area contributed by atoms with Crippen molar-refractivity contribution in [2.24, 2.45) is 0 Å². The van der Waals surface area contributed by atoms with Crippen LogP contribution in [0, 0.1) is 0 Å². The molecule has 0 unspecified atom stereocenters. The molecule has 0 radical (unpaired) electrons. The van der Waals surface area contributed by atoms with Crippen molar-refractivity contribution in [2.45, 2.75) is 65.1 Å². The highest BCUT2D eigenvalue weighted by atomic mass is 79.9. The SMILES string of the molecule is CCOc1ccc(N(CCCC(=O)N(Cc2cccc(Br)c2)[C@@H](Cc2ccccc2)C(=O)N[C@H](C)CC)S(C)(=O)=O)cc1. The van der Waals surface area contributed by atoms with Crippen molar-refractivity contribution in [3.63, 3.8) is 0 Å². The number of carbonyl (C=O) groups excluding carboxylic acids is 2. The molecule has 2 atom stereocenters. The minimum Gasteiger partial charge on any atom is -0.494 e. The summed E-state index contributed by atoms with van der Waals surface area (Å²) in [4.78, 5) is 29.3. The molecule has 0 saturated heterocycles. The van der Waals surface area contributed by atoms with Crippen molar-refractivity contribution < 1.29 is 22.7 Å². The maximum absolute atomic E-state index is 14.0. The molecule has 0 aliphatic rings. The number of benzene rings is 3. The number of hydrogen-bond acceptors (Lipinski definition) is 5. The van der Waals surface area contributed by atoms with E-state index in [2.05, 4.69) is 21.2 Å². The smallest absolute Gasteiger partial charge is 0.243 e. The number of ether oxygens (including phenoxy) is 1. The Bertz CT molecular complexity index is 1430. The summed E-state index contributed by atoms with van der Waals surface area (Å²) in [6.45, 7) is 6.68. The lowest BCUT2D eigenvalue weighted by molar-refractivity contribution is -0.141. The van der Waals surface area contributed by atoms with E-state index in [1.165, 1.54) is 4.31 Å². The number of hydrogen-bond donors (Lipinski definition) is 1. The van der Waals surface area contributed by atoms with Crippen LogP contribution >= 0.6 is 15.9 Å². The van der Waals surface area contributed by atoms with Gasteiger partial charge in [0.25, 0.3) is 0 Å². The van der Waals surface area contributed by atoms with Crippen LogP contribution in [-0.4, -0.2) is 56.6 Å². The van der Waals surface area contributed by atoms with Crippen molar-refractivity contribution in [1.82, 2.24) is 10.2 Å². The van der Waals surface area contributed by atoms with Gasteiger partial charge in [-0.05, 0) is 74.2 Å². The zero-order chi connectivity index (χ0) is 31.4. The lowest BCUT2D eigenvalue weighted by Crippen LogP contribution is -2.52. The van der Waals surface area contributed by atoms with E-state index in [0.29, 0.717) is 24.5 Å². The Morgan fingerprint density at radius 3 is 2.23 bits per heavy atom. The van der Waals surface area contributed by atoms with Gasteiger partial charge in [-0.25, -0.2) is 8.42 Å². The van der Waals surface area contributed by atoms with Crippen LogP contribution in [0.1, 0.15) is 51.2 Å². The van der Waals surface area contributed by atoms with Crippen LogP contribution in [0.15, 0.2) is 83.3 Å². The summed E-state index contributed by atoms with van der Waals surface area (Å²) in [6.07, 6.45) is 2.61. The number of amides is 2. The van der Waals surface area contributed by atoms with Gasteiger partial charge in [-0.1, -0.05) is 65.3 Å². The largest absolute Gasteiger partial charge is 0.494 e. The standard InChI is InChI=1S/C33H42BrN3O5S/c1-5-25(3)35-33(39)31(23-26-12-8-7-9-13-26)36(24-27-14-10-15-28(34)22-27)32(38)16-11-21-37(43(4,40)41)29-17-19-30(20-18-29)42-6-2/h7-10,12-15,17-20,22,25,31H,5-6,11,16,21,23-24H2,1-4H3,(H,35,39)/t25-,31+/m1/s1. The number of nitrogens with zero attached hydrogens (tertiary/aromatic N) is 2. The maximum Gasteiger partial charge on any atom is 0.243 e. The van der Waals surface area contributed by atoms with Crippen LogP contribution in [-0.2, 0) is 32.6 Å². The fraction of sp³-hybridized carbons (Fsp3) is 0.394. The Morgan fingerprint density at radius 2 is 1.63 bits per heavy atom. The predicted molar refractivity (Wildman–Crippen MR) is 176 cm³/mol. The summed E-state index contributed by atoms with van der Waals surface area (Å²) >= 11 is 3.51. The zero-order valence-electron chi connectivity index (χ0n) is 25.3. The van der Waals surface area contributed by atoms with E-state index < -0.39 is 16.1 Å².